The molecule has 1 saturated heterocycles. The van der Waals surface area contributed by atoms with E-state index in [2.05, 4.69) is 84.9 Å². The molecular weight excluding hydrogens is 547 g/mol. The molecule has 0 bridgehead atoms. The third-order valence-corrected chi connectivity index (χ3v) is 7.33. The van der Waals surface area contributed by atoms with Crippen LogP contribution in [0.4, 0.5) is 25.2 Å². The van der Waals surface area contributed by atoms with Crippen LogP contribution in [0.15, 0.2) is 121 Å². The van der Waals surface area contributed by atoms with Crippen molar-refractivity contribution < 1.29 is 34.8 Å². The van der Waals surface area contributed by atoms with Gasteiger partial charge in [0.05, 0.1) is 6.54 Å². The molecule has 1 atom stereocenters. The zero-order chi connectivity index (χ0) is 29.0. The van der Waals surface area contributed by atoms with Crippen molar-refractivity contribution in [2.75, 3.05) is 6.54 Å². The number of halogens is 6. The van der Waals surface area contributed by atoms with E-state index in [4.69, 9.17) is 0 Å². The van der Waals surface area contributed by atoms with Crippen LogP contribution in [0.25, 0.3) is 0 Å². The molecule has 0 aromatic heterocycles. The maximum absolute atomic E-state index is 12.7. The van der Waals surface area contributed by atoms with Crippen LogP contribution >= 0.6 is 7.81 Å². The molecule has 4 aromatic carbocycles. The quantitative estimate of drug-likeness (QED) is 0.131. The zero-order valence-corrected chi connectivity index (χ0v) is 22.7. The fourth-order valence-corrected chi connectivity index (χ4v) is 5.90. The van der Waals surface area contributed by atoms with E-state index in [1.54, 1.807) is 0 Å². The summed E-state index contributed by atoms with van der Waals surface area (Å²) in [5.41, 5.74) is 3.54. The molecule has 9 heteroatoms. The van der Waals surface area contributed by atoms with Gasteiger partial charge < -0.3 is 9.59 Å². The van der Waals surface area contributed by atoms with E-state index in [9.17, 15) is 30.3 Å². The number of benzene rings is 4. The van der Waals surface area contributed by atoms with Crippen molar-refractivity contribution >= 4 is 7.81 Å². The Hall–Kier alpha value is -3.19. The standard InChI is InChI=1S/C31H32NO.F6P/c33-31(28-18-9-3-10-19-28,29-20-11-4-12-21-29)30-22-13-23-32(30,24-26-14-5-1-6-15-26)25-27-16-7-2-8-17-27;1-7(2,3,4,5)6/h1-12,14-21,30,33H,13,22-25H2;/q+1;-1. The number of quaternary nitrogens is 1. The zero-order valence-electron chi connectivity index (χ0n) is 21.8. The normalized spacial score (nSPS) is 18.6. The summed E-state index contributed by atoms with van der Waals surface area (Å²) in [7, 11) is -10.7. The van der Waals surface area contributed by atoms with Crippen molar-refractivity contribution in [3.63, 3.8) is 0 Å². The van der Waals surface area contributed by atoms with E-state index in [0.29, 0.717) is 0 Å². The second-order valence-electron chi connectivity index (χ2n) is 10.3. The maximum atomic E-state index is 12.7. The van der Waals surface area contributed by atoms with Gasteiger partial charge in [0.1, 0.15) is 19.1 Å². The third-order valence-electron chi connectivity index (χ3n) is 7.33. The molecule has 0 saturated carbocycles. The predicted octanol–water partition coefficient (Wildman–Crippen LogP) is 9.68. The van der Waals surface area contributed by atoms with Crippen molar-refractivity contribution in [1.29, 1.82) is 0 Å². The molecule has 1 fully saturated rings. The van der Waals surface area contributed by atoms with Crippen molar-refractivity contribution in [2.45, 2.75) is 37.6 Å². The fraction of sp³-hybridized carbons (Fsp3) is 0.226. The molecule has 1 heterocycles. The van der Waals surface area contributed by atoms with Crippen molar-refractivity contribution in [1.82, 2.24) is 0 Å². The molecule has 0 amide bonds. The maximum Gasteiger partial charge on any atom is 0.166 e. The van der Waals surface area contributed by atoms with Gasteiger partial charge in [-0.2, -0.15) is 0 Å². The minimum atomic E-state index is -10.7. The van der Waals surface area contributed by atoms with Crippen LogP contribution in [0.2, 0.25) is 0 Å². The topological polar surface area (TPSA) is 20.2 Å². The Morgan fingerprint density at radius 3 is 1.27 bits per heavy atom. The monoisotopic (exact) mass is 579 g/mol. The Bertz CT molecular complexity index is 1280. The van der Waals surface area contributed by atoms with Crippen molar-refractivity contribution in [2.24, 2.45) is 0 Å². The summed E-state index contributed by atoms with van der Waals surface area (Å²) < 4.78 is 60.0. The van der Waals surface area contributed by atoms with Crippen LogP contribution in [-0.2, 0) is 18.7 Å². The first kappa shape index (κ1) is 29.8. The summed E-state index contributed by atoms with van der Waals surface area (Å²) in [6.07, 6.45) is 2.09. The summed E-state index contributed by atoms with van der Waals surface area (Å²) in [4.78, 5) is 0. The molecule has 1 aliphatic rings. The molecule has 0 radical (unpaired) electrons. The van der Waals surface area contributed by atoms with Crippen LogP contribution < -0.4 is 0 Å². The first-order valence-electron chi connectivity index (χ1n) is 13.0. The molecule has 0 aliphatic carbocycles. The summed E-state index contributed by atoms with van der Waals surface area (Å²) in [6.45, 7) is 2.86. The van der Waals surface area contributed by atoms with E-state index in [1.165, 1.54) is 11.1 Å². The van der Waals surface area contributed by atoms with Gasteiger partial charge in [-0.1, -0.05) is 121 Å². The Kier molecular flexibility index (Phi) is 7.94. The van der Waals surface area contributed by atoms with E-state index in [0.717, 1.165) is 48.1 Å². The number of hydrogen-bond acceptors (Lipinski definition) is 1. The number of aliphatic hydroxyl groups is 1. The van der Waals surface area contributed by atoms with Gasteiger partial charge in [-0.15, -0.1) is 0 Å². The van der Waals surface area contributed by atoms with E-state index < -0.39 is 13.4 Å². The first-order chi connectivity index (χ1) is 18.7. The summed E-state index contributed by atoms with van der Waals surface area (Å²) in [6, 6.07) is 42.2. The molecule has 1 unspecified atom stereocenters. The number of rotatable bonds is 7. The summed E-state index contributed by atoms with van der Waals surface area (Å²) >= 11 is 0. The number of hydrogen-bond donors (Lipinski definition) is 1. The van der Waals surface area contributed by atoms with E-state index in [-0.39, 0.29) is 6.04 Å². The molecular formula is C31H32F6NOP. The second-order valence-corrected chi connectivity index (χ2v) is 12.3. The van der Waals surface area contributed by atoms with Gasteiger partial charge in [0.2, 0.25) is 0 Å². The van der Waals surface area contributed by atoms with Gasteiger partial charge >= 0.3 is 33.0 Å². The van der Waals surface area contributed by atoms with Gasteiger partial charge in [-0.3, -0.25) is 0 Å². The molecule has 5 rings (SSSR count). The minimum Gasteiger partial charge on any atom is -0.374 e. The molecule has 214 valence electrons. The SMILES string of the molecule is F[P-](F)(F)(F)(F)F.OC(c1ccccc1)(c1ccccc1)C1CCC[N+]1(Cc1ccccc1)Cc1ccccc1. The smallest absolute Gasteiger partial charge is 0.166 e. The van der Waals surface area contributed by atoms with Crippen molar-refractivity contribution in [3.8, 4) is 0 Å². The van der Waals surface area contributed by atoms with Crippen LogP contribution in [-0.4, -0.2) is 22.2 Å². The van der Waals surface area contributed by atoms with Gasteiger partial charge in [-0.05, 0) is 11.1 Å². The second kappa shape index (κ2) is 10.7. The predicted molar refractivity (Wildman–Crippen MR) is 148 cm³/mol. The van der Waals surface area contributed by atoms with Gasteiger partial charge in [0.25, 0.3) is 0 Å². The molecule has 2 nitrogen and oxygen atoms in total. The fourth-order valence-electron chi connectivity index (χ4n) is 5.90. The first-order valence-corrected chi connectivity index (χ1v) is 15.0. The third kappa shape index (κ3) is 8.17. The van der Waals surface area contributed by atoms with E-state index >= 15 is 0 Å². The Balaban J connectivity index is 0.000000470. The Morgan fingerprint density at radius 2 is 0.925 bits per heavy atom. The van der Waals surface area contributed by atoms with Crippen molar-refractivity contribution in [3.05, 3.63) is 144 Å². The minimum absolute atomic E-state index is 0.0442. The summed E-state index contributed by atoms with van der Waals surface area (Å²) in [5, 5.41) is 12.7. The average molecular weight is 580 g/mol. The van der Waals surface area contributed by atoms with Crippen LogP contribution in [0.1, 0.15) is 35.1 Å². The Morgan fingerprint density at radius 1 is 0.600 bits per heavy atom. The van der Waals surface area contributed by atoms with Crippen LogP contribution in [0, 0.1) is 0 Å². The molecule has 0 spiro atoms. The molecule has 1 aliphatic heterocycles. The average Bonchev–Trinajstić information content (AvgIpc) is 3.31. The largest absolute Gasteiger partial charge is 0.374 e. The van der Waals surface area contributed by atoms with Crippen LogP contribution in [0.5, 0.6) is 0 Å². The molecule has 1 N–H and O–H groups in total. The number of likely N-dealkylation sites (tertiary alicyclic amines) is 1. The van der Waals surface area contributed by atoms with Gasteiger partial charge in [-0.25, -0.2) is 0 Å². The summed E-state index contributed by atoms with van der Waals surface area (Å²) in [5.74, 6) is 0. The number of nitrogens with zero attached hydrogens (tertiary/aromatic N) is 1. The molecule has 4 aromatic rings. The van der Waals surface area contributed by atoms with E-state index in [1.807, 2.05) is 36.4 Å². The van der Waals surface area contributed by atoms with Gasteiger partial charge in [0, 0.05) is 24.0 Å². The van der Waals surface area contributed by atoms with Gasteiger partial charge in [0.15, 0.2) is 5.60 Å². The molecule has 40 heavy (non-hydrogen) atoms. The Labute approximate surface area is 230 Å². The van der Waals surface area contributed by atoms with Crippen LogP contribution in [0.3, 0.4) is 0 Å².